The van der Waals surface area contributed by atoms with E-state index in [9.17, 15) is 4.79 Å². The fourth-order valence-corrected chi connectivity index (χ4v) is 1.69. The van der Waals surface area contributed by atoms with Gasteiger partial charge < -0.3 is 4.79 Å². The van der Waals surface area contributed by atoms with Crippen LogP contribution in [0.3, 0.4) is 0 Å². The zero-order valence-corrected chi connectivity index (χ0v) is 7.69. The first-order valence-corrected chi connectivity index (χ1v) is 4.28. The van der Waals surface area contributed by atoms with Crippen LogP contribution >= 0.6 is 11.6 Å². The quantitative estimate of drug-likeness (QED) is 0.338. The van der Waals surface area contributed by atoms with Crippen molar-refractivity contribution in [3.8, 4) is 0 Å². The summed E-state index contributed by atoms with van der Waals surface area (Å²) >= 11 is 6.01. The SMILES string of the molecule is CC1=CC[C@H](Cl)[C@@](C)(C=O)C1. The molecule has 0 amide bonds. The molecule has 2 atom stereocenters. The van der Waals surface area contributed by atoms with Crippen molar-refractivity contribution in [1.29, 1.82) is 0 Å². The Bertz CT molecular complexity index is 198. The number of rotatable bonds is 1. The van der Waals surface area contributed by atoms with E-state index in [4.69, 9.17) is 11.6 Å². The normalized spacial score (nSPS) is 38.1. The van der Waals surface area contributed by atoms with Crippen molar-refractivity contribution < 1.29 is 4.79 Å². The molecule has 0 aromatic heterocycles. The van der Waals surface area contributed by atoms with Crippen LogP contribution in [-0.4, -0.2) is 11.7 Å². The molecule has 1 aliphatic carbocycles. The summed E-state index contributed by atoms with van der Waals surface area (Å²) in [7, 11) is 0. The molecule has 11 heavy (non-hydrogen) atoms. The summed E-state index contributed by atoms with van der Waals surface area (Å²) in [4.78, 5) is 10.7. The van der Waals surface area contributed by atoms with Crippen LogP contribution in [0.15, 0.2) is 11.6 Å². The van der Waals surface area contributed by atoms with Crippen molar-refractivity contribution >= 4 is 17.9 Å². The largest absolute Gasteiger partial charge is 0.303 e. The van der Waals surface area contributed by atoms with E-state index in [1.165, 1.54) is 5.57 Å². The van der Waals surface area contributed by atoms with Gasteiger partial charge in [-0.3, -0.25) is 0 Å². The molecule has 0 spiro atoms. The number of carbonyl (C=O) groups excluding carboxylic acids is 1. The molecule has 1 aliphatic rings. The van der Waals surface area contributed by atoms with Gasteiger partial charge in [0.15, 0.2) is 0 Å². The molecular weight excluding hydrogens is 160 g/mol. The van der Waals surface area contributed by atoms with E-state index in [1.807, 2.05) is 13.8 Å². The summed E-state index contributed by atoms with van der Waals surface area (Å²) < 4.78 is 0. The van der Waals surface area contributed by atoms with Crippen LogP contribution in [0.4, 0.5) is 0 Å². The molecule has 0 fully saturated rings. The van der Waals surface area contributed by atoms with Gasteiger partial charge in [-0.2, -0.15) is 0 Å². The molecular formula is C9H13ClO. The maximum Gasteiger partial charge on any atom is 0.127 e. The van der Waals surface area contributed by atoms with Gasteiger partial charge in [0.25, 0.3) is 0 Å². The molecule has 1 rings (SSSR count). The summed E-state index contributed by atoms with van der Waals surface area (Å²) in [5.74, 6) is 0. The third kappa shape index (κ3) is 1.64. The molecule has 0 heterocycles. The molecule has 62 valence electrons. The lowest BCUT2D eigenvalue weighted by Gasteiger charge is -2.31. The topological polar surface area (TPSA) is 17.1 Å². The number of carbonyl (C=O) groups is 1. The number of allylic oxidation sites excluding steroid dienone is 2. The maximum atomic E-state index is 10.7. The molecule has 0 aromatic rings. The highest BCUT2D eigenvalue weighted by Crippen LogP contribution is 2.37. The van der Waals surface area contributed by atoms with E-state index in [0.29, 0.717) is 0 Å². The van der Waals surface area contributed by atoms with Crippen molar-refractivity contribution in [2.24, 2.45) is 5.41 Å². The molecule has 0 aliphatic heterocycles. The maximum absolute atomic E-state index is 10.7. The minimum absolute atomic E-state index is 0.0244. The van der Waals surface area contributed by atoms with E-state index in [0.717, 1.165) is 19.1 Å². The highest BCUT2D eigenvalue weighted by molar-refractivity contribution is 6.22. The van der Waals surface area contributed by atoms with E-state index < -0.39 is 0 Å². The second kappa shape index (κ2) is 2.98. The Labute approximate surface area is 72.4 Å². The Morgan fingerprint density at radius 3 is 2.91 bits per heavy atom. The van der Waals surface area contributed by atoms with Crippen molar-refractivity contribution in [1.82, 2.24) is 0 Å². The monoisotopic (exact) mass is 172 g/mol. The van der Waals surface area contributed by atoms with Gasteiger partial charge in [0.2, 0.25) is 0 Å². The fraction of sp³-hybridized carbons (Fsp3) is 0.667. The zero-order chi connectivity index (χ0) is 8.48. The van der Waals surface area contributed by atoms with E-state index in [-0.39, 0.29) is 10.8 Å². The van der Waals surface area contributed by atoms with Crippen LogP contribution < -0.4 is 0 Å². The first-order valence-electron chi connectivity index (χ1n) is 3.84. The predicted molar refractivity (Wildman–Crippen MR) is 46.8 cm³/mol. The number of halogens is 1. The van der Waals surface area contributed by atoms with Crippen molar-refractivity contribution in [2.45, 2.75) is 32.1 Å². The zero-order valence-electron chi connectivity index (χ0n) is 6.93. The average molecular weight is 173 g/mol. The first kappa shape index (κ1) is 8.79. The lowest BCUT2D eigenvalue weighted by atomic mass is 9.77. The van der Waals surface area contributed by atoms with Gasteiger partial charge in [0, 0.05) is 10.8 Å². The second-order valence-corrected chi connectivity index (χ2v) is 4.08. The number of alkyl halides is 1. The third-order valence-corrected chi connectivity index (χ3v) is 2.99. The van der Waals surface area contributed by atoms with Crippen molar-refractivity contribution in [2.75, 3.05) is 0 Å². The van der Waals surface area contributed by atoms with Gasteiger partial charge in [-0.15, -0.1) is 11.6 Å². The molecule has 0 radical (unpaired) electrons. The van der Waals surface area contributed by atoms with Gasteiger partial charge in [-0.25, -0.2) is 0 Å². The standard InChI is InChI=1S/C9H13ClO/c1-7-3-4-8(10)9(2,5-7)6-11/h3,6,8H,4-5H2,1-2H3/t8-,9+/m0/s1. The van der Waals surface area contributed by atoms with Crippen LogP contribution in [0.25, 0.3) is 0 Å². The molecule has 0 saturated carbocycles. The molecule has 0 saturated heterocycles. The van der Waals surface area contributed by atoms with E-state index in [2.05, 4.69) is 6.08 Å². The molecule has 2 heteroatoms. The molecule has 0 N–H and O–H groups in total. The van der Waals surface area contributed by atoms with Crippen molar-refractivity contribution in [3.05, 3.63) is 11.6 Å². The molecule has 0 unspecified atom stereocenters. The summed E-state index contributed by atoms with van der Waals surface area (Å²) in [5.41, 5.74) is 0.942. The molecule has 0 bridgehead atoms. The van der Waals surface area contributed by atoms with Crippen molar-refractivity contribution in [3.63, 3.8) is 0 Å². The smallest absolute Gasteiger partial charge is 0.127 e. The number of hydrogen-bond donors (Lipinski definition) is 0. The Balaban J connectivity index is 2.82. The van der Waals surface area contributed by atoms with E-state index in [1.54, 1.807) is 0 Å². The third-order valence-electron chi connectivity index (χ3n) is 2.32. The Hall–Kier alpha value is -0.300. The van der Waals surface area contributed by atoms with Gasteiger partial charge in [0.05, 0.1) is 0 Å². The summed E-state index contributed by atoms with van der Waals surface area (Å²) in [6.45, 7) is 3.97. The minimum atomic E-state index is -0.333. The second-order valence-electron chi connectivity index (χ2n) is 3.55. The first-order chi connectivity index (χ1) is 5.08. The van der Waals surface area contributed by atoms with Crippen LogP contribution in [0.5, 0.6) is 0 Å². The fourth-order valence-electron chi connectivity index (χ4n) is 1.47. The van der Waals surface area contributed by atoms with Crippen LogP contribution in [0.2, 0.25) is 0 Å². The van der Waals surface area contributed by atoms with Crippen LogP contribution in [0, 0.1) is 5.41 Å². The van der Waals surface area contributed by atoms with Gasteiger partial charge >= 0.3 is 0 Å². The van der Waals surface area contributed by atoms with Gasteiger partial charge in [-0.05, 0) is 19.8 Å². The lowest BCUT2D eigenvalue weighted by Crippen LogP contribution is -2.32. The van der Waals surface area contributed by atoms with E-state index >= 15 is 0 Å². The van der Waals surface area contributed by atoms with Gasteiger partial charge in [0.1, 0.15) is 6.29 Å². The van der Waals surface area contributed by atoms with Gasteiger partial charge in [-0.1, -0.05) is 18.6 Å². The lowest BCUT2D eigenvalue weighted by molar-refractivity contribution is -0.115. The molecule has 1 nitrogen and oxygen atoms in total. The Morgan fingerprint density at radius 2 is 2.45 bits per heavy atom. The summed E-state index contributed by atoms with van der Waals surface area (Å²) in [6.07, 6.45) is 4.73. The predicted octanol–water partition coefficient (Wildman–Crippen LogP) is 2.54. The Morgan fingerprint density at radius 1 is 1.82 bits per heavy atom. The minimum Gasteiger partial charge on any atom is -0.303 e. The average Bonchev–Trinajstić information content (AvgIpc) is 1.98. The van der Waals surface area contributed by atoms with Crippen LogP contribution in [0.1, 0.15) is 26.7 Å². The summed E-state index contributed by atoms with van der Waals surface area (Å²) in [6, 6.07) is 0. The number of hydrogen-bond acceptors (Lipinski definition) is 1. The Kier molecular flexibility index (Phi) is 2.38. The number of aldehydes is 1. The molecule has 0 aromatic carbocycles. The highest BCUT2D eigenvalue weighted by Gasteiger charge is 2.34. The van der Waals surface area contributed by atoms with Crippen LogP contribution in [-0.2, 0) is 4.79 Å². The summed E-state index contributed by atoms with van der Waals surface area (Å²) in [5, 5.41) is -0.0244. The highest BCUT2D eigenvalue weighted by atomic mass is 35.5.